The fraction of sp³-hybridized carbons (Fsp3) is 0.0204. The second-order valence-electron chi connectivity index (χ2n) is 13.7. The molecule has 8 aromatic carbocycles. The highest BCUT2D eigenvalue weighted by molar-refractivity contribution is 7.25. The lowest BCUT2D eigenvalue weighted by Gasteiger charge is -2.45. The van der Waals surface area contributed by atoms with Gasteiger partial charge in [0.1, 0.15) is 0 Å². The van der Waals surface area contributed by atoms with E-state index in [1.807, 2.05) is 11.3 Å². The molecule has 0 amide bonds. The van der Waals surface area contributed by atoms with Gasteiger partial charge in [0.15, 0.2) is 0 Å². The van der Waals surface area contributed by atoms with Crippen molar-refractivity contribution < 1.29 is 0 Å². The SMILES string of the molecule is c1ccc(N(c2ccc3c(c2)C2(c4ccccc4-3)c3ccccc3N(c3ccccc3)c3ccccc32)c2ccc3sc4ccccc4c3c2)cc1. The van der Waals surface area contributed by atoms with Gasteiger partial charge in [-0.3, -0.25) is 0 Å². The molecule has 9 aromatic rings. The van der Waals surface area contributed by atoms with Crippen molar-refractivity contribution in [2.45, 2.75) is 5.41 Å². The molecule has 244 valence electrons. The number of hydrogen-bond donors (Lipinski definition) is 0. The van der Waals surface area contributed by atoms with E-state index in [4.69, 9.17) is 0 Å². The molecular formula is C49H32N2S. The molecule has 2 nitrogen and oxygen atoms in total. The summed E-state index contributed by atoms with van der Waals surface area (Å²) in [6, 6.07) is 71.6. The zero-order valence-electron chi connectivity index (χ0n) is 28.3. The molecule has 0 saturated heterocycles. The largest absolute Gasteiger partial charge is 0.310 e. The second kappa shape index (κ2) is 11.3. The molecule has 52 heavy (non-hydrogen) atoms. The van der Waals surface area contributed by atoms with Gasteiger partial charge in [-0.25, -0.2) is 0 Å². The van der Waals surface area contributed by atoms with Crippen LogP contribution in [0.5, 0.6) is 0 Å². The summed E-state index contributed by atoms with van der Waals surface area (Å²) in [4.78, 5) is 4.87. The number of rotatable bonds is 4. The predicted molar refractivity (Wildman–Crippen MR) is 220 cm³/mol. The second-order valence-corrected chi connectivity index (χ2v) is 14.8. The normalized spacial score (nSPS) is 13.5. The van der Waals surface area contributed by atoms with Crippen LogP contribution >= 0.6 is 11.3 Å². The Morgan fingerprint density at radius 2 is 0.942 bits per heavy atom. The van der Waals surface area contributed by atoms with E-state index in [1.54, 1.807) is 0 Å². The van der Waals surface area contributed by atoms with Gasteiger partial charge in [0.25, 0.3) is 0 Å². The molecule has 1 aliphatic carbocycles. The van der Waals surface area contributed by atoms with Crippen LogP contribution in [-0.4, -0.2) is 0 Å². The van der Waals surface area contributed by atoms with E-state index in [1.165, 1.54) is 64.9 Å². The summed E-state index contributed by atoms with van der Waals surface area (Å²) < 4.78 is 2.62. The van der Waals surface area contributed by atoms with Crippen LogP contribution in [0.1, 0.15) is 22.3 Å². The average Bonchev–Trinajstić information content (AvgIpc) is 3.72. The summed E-state index contributed by atoms with van der Waals surface area (Å²) >= 11 is 1.86. The van der Waals surface area contributed by atoms with Crippen LogP contribution in [0, 0.1) is 0 Å². The first-order chi connectivity index (χ1) is 25.8. The topological polar surface area (TPSA) is 6.48 Å². The van der Waals surface area contributed by atoms with Crippen molar-refractivity contribution in [3.05, 3.63) is 216 Å². The number of anilines is 6. The minimum atomic E-state index is -0.518. The fourth-order valence-electron chi connectivity index (χ4n) is 8.97. The molecule has 2 heterocycles. The Hall–Kier alpha value is -6.42. The highest BCUT2D eigenvalue weighted by Gasteiger charge is 2.51. The summed E-state index contributed by atoms with van der Waals surface area (Å²) in [6.07, 6.45) is 0. The number of thiophene rings is 1. The van der Waals surface area contributed by atoms with Crippen molar-refractivity contribution in [1.82, 2.24) is 0 Å². The Morgan fingerprint density at radius 1 is 0.385 bits per heavy atom. The van der Waals surface area contributed by atoms with Crippen LogP contribution in [0.3, 0.4) is 0 Å². The molecule has 0 fully saturated rings. The summed E-state index contributed by atoms with van der Waals surface area (Å²) in [5.41, 5.74) is 14.2. The molecule has 1 aromatic heterocycles. The predicted octanol–water partition coefficient (Wildman–Crippen LogP) is 13.7. The number of para-hydroxylation sites is 4. The number of benzene rings is 8. The molecular weight excluding hydrogens is 649 g/mol. The van der Waals surface area contributed by atoms with Crippen LogP contribution in [0.4, 0.5) is 34.1 Å². The Bertz CT molecular complexity index is 2770. The number of fused-ring (bicyclic) bond motifs is 12. The standard InChI is InChI=1S/C49H32N2S/c1-3-15-33(16-4-1)50(35-28-30-48-40(31-35)39-20-8-14-26-47(39)52-48)36-27-29-38-37-19-7-9-21-41(37)49(44(38)32-36)42-22-10-12-24-45(42)51(34-17-5-2-6-18-34)46-25-13-11-23-43(46)49/h1-32H. The first kappa shape index (κ1) is 29.3. The lowest BCUT2D eigenvalue weighted by molar-refractivity contribution is 0.752. The fourth-order valence-corrected chi connectivity index (χ4v) is 10.1. The van der Waals surface area contributed by atoms with Crippen LogP contribution in [0.2, 0.25) is 0 Å². The van der Waals surface area contributed by atoms with E-state index < -0.39 is 5.41 Å². The van der Waals surface area contributed by atoms with Crippen molar-refractivity contribution in [2.75, 3.05) is 9.80 Å². The van der Waals surface area contributed by atoms with Crippen LogP contribution in [-0.2, 0) is 5.41 Å². The van der Waals surface area contributed by atoms with Gasteiger partial charge >= 0.3 is 0 Å². The van der Waals surface area contributed by atoms with Crippen molar-refractivity contribution in [2.24, 2.45) is 0 Å². The first-order valence-corrected chi connectivity index (χ1v) is 18.7. The average molecular weight is 681 g/mol. The maximum atomic E-state index is 2.48. The molecule has 0 N–H and O–H groups in total. The molecule has 3 heteroatoms. The molecule has 1 aliphatic heterocycles. The molecule has 0 atom stereocenters. The van der Waals surface area contributed by atoms with Gasteiger partial charge in [-0.15, -0.1) is 11.3 Å². The maximum Gasteiger partial charge on any atom is 0.0755 e. The third kappa shape index (κ3) is 4.06. The Labute approximate surface area is 307 Å². The van der Waals surface area contributed by atoms with Gasteiger partial charge in [0.05, 0.1) is 16.8 Å². The van der Waals surface area contributed by atoms with E-state index in [0.717, 1.165) is 22.7 Å². The Kier molecular flexibility index (Phi) is 6.37. The van der Waals surface area contributed by atoms with Crippen LogP contribution < -0.4 is 9.80 Å². The Morgan fingerprint density at radius 3 is 1.71 bits per heavy atom. The highest BCUT2D eigenvalue weighted by atomic mass is 32.1. The van der Waals surface area contributed by atoms with Gasteiger partial charge in [0.2, 0.25) is 0 Å². The van der Waals surface area contributed by atoms with Gasteiger partial charge < -0.3 is 9.80 Å². The van der Waals surface area contributed by atoms with E-state index in [9.17, 15) is 0 Å². The number of nitrogens with zero attached hydrogens (tertiary/aromatic N) is 2. The molecule has 1 spiro atoms. The van der Waals surface area contributed by atoms with Crippen molar-refractivity contribution in [3.63, 3.8) is 0 Å². The Balaban J connectivity index is 1.20. The lowest BCUT2D eigenvalue weighted by atomic mass is 9.64. The first-order valence-electron chi connectivity index (χ1n) is 17.9. The summed E-state index contributed by atoms with van der Waals surface area (Å²) in [5.74, 6) is 0. The molecule has 11 rings (SSSR count). The summed E-state index contributed by atoms with van der Waals surface area (Å²) in [7, 11) is 0. The van der Waals surface area contributed by atoms with E-state index in [0.29, 0.717) is 0 Å². The van der Waals surface area contributed by atoms with Crippen molar-refractivity contribution >= 4 is 65.6 Å². The van der Waals surface area contributed by atoms with Gasteiger partial charge in [-0.05, 0) is 106 Å². The van der Waals surface area contributed by atoms with Crippen LogP contribution in [0.15, 0.2) is 194 Å². The van der Waals surface area contributed by atoms with Gasteiger partial charge in [-0.1, -0.05) is 121 Å². The minimum absolute atomic E-state index is 0.518. The third-order valence-electron chi connectivity index (χ3n) is 11.0. The molecule has 0 unspecified atom stereocenters. The smallest absolute Gasteiger partial charge is 0.0755 e. The van der Waals surface area contributed by atoms with Crippen LogP contribution in [0.25, 0.3) is 31.3 Å². The maximum absolute atomic E-state index is 2.48. The highest BCUT2D eigenvalue weighted by Crippen LogP contribution is 2.64. The van der Waals surface area contributed by atoms with E-state index in [2.05, 4.69) is 204 Å². The van der Waals surface area contributed by atoms with Crippen molar-refractivity contribution in [3.8, 4) is 11.1 Å². The molecule has 0 bridgehead atoms. The molecule has 0 saturated carbocycles. The number of hydrogen-bond acceptors (Lipinski definition) is 3. The zero-order chi connectivity index (χ0) is 34.2. The summed E-state index contributed by atoms with van der Waals surface area (Å²) in [5, 5.41) is 2.60. The molecule has 2 aliphatic rings. The van der Waals surface area contributed by atoms with E-state index >= 15 is 0 Å². The lowest BCUT2D eigenvalue weighted by Crippen LogP contribution is -2.36. The third-order valence-corrected chi connectivity index (χ3v) is 12.2. The monoisotopic (exact) mass is 680 g/mol. The quantitative estimate of drug-likeness (QED) is 0.183. The zero-order valence-corrected chi connectivity index (χ0v) is 29.1. The van der Waals surface area contributed by atoms with Gasteiger partial charge in [-0.2, -0.15) is 0 Å². The van der Waals surface area contributed by atoms with Crippen molar-refractivity contribution in [1.29, 1.82) is 0 Å². The van der Waals surface area contributed by atoms with E-state index in [-0.39, 0.29) is 0 Å². The summed E-state index contributed by atoms with van der Waals surface area (Å²) in [6.45, 7) is 0. The van der Waals surface area contributed by atoms with Gasteiger partial charge in [0, 0.05) is 42.9 Å². The minimum Gasteiger partial charge on any atom is -0.310 e. The molecule has 0 radical (unpaired) electrons.